The van der Waals surface area contributed by atoms with Gasteiger partial charge in [-0.3, -0.25) is 0 Å². The molecule has 1 N–H and O–H groups in total. The van der Waals surface area contributed by atoms with Gasteiger partial charge in [-0.25, -0.2) is 4.39 Å². The first kappa shape index (κ1) is 13.6. The van der Waals surface area contributed by atoms with Gasteiger partial charge >= 0.3 is 0 Å². The summed E-state index contributed by atoms with van der Waals surface area (Å²) in [6.45, 7) is 1.16. The van der Waals surface area contributed by atoms with Crippen molar-refractivity contribution in [3.05, 3.63) is 34.1 Å². The summed E-state index contributed by atoms with van der Waals surface area (Å²) in [6.07, 6.45) is 7.67. The lowest BCUT2D eigenvalue weighted by molar-refractivity contribution is 0.363. The van der Waals surface area contributed by atoms with Crippen LogP contribution in [0.2, 0.25) is 0 Å². The molecule has 3 heteroatoms. The van der Waals surface area contributed by atoms with Gasteiger partial charge in [0.05, 0.1) is 4.47 Å². The van der Waals surface area contributed by atoms with E-state index in [0.29, 0.717) is 10.4 Å². The van der Waals surface area contributed by atoms with Crippen molar-refractivity contribution in [2.75, 3.05) is 6.54 Å². The summed E-state index contributed by atoms with van der Waals surface area (Å²) in [5.41, 5.74) is 1.13. The Labute approximate surface area is 123 Å². The molecule has 2 aliphatic carbocycles. The monoisotopic (exact) mass is 325 g/mol. The Kier molecular flexibility index (Phi) is 4.23. The molecule has 0 bridgehead atoms. The number of rotatable bonds is 5. The van der Waals surface area contributed by atoms with Gasteiger partial charge in [0.25, 0.3) is 0 Å². The van der Waals surface area contributed by atoms with Gasteiger partial charge < -0.3 is 5.32 Å². The molecule has 2 unspecified atom stereocenters. The van der Waals surface area contributed by atoms with Crippen molar-refractivity contribution in [3.63, 3.8) is 0 Å². The van der Waals surface area contributed by atoms with Crippen LogP contribution in [0.15, 0.2) is 22.7 Å². The molecule has 2 saturated carbocycles. The highest BCUT2D eigenvalue weighted by Gasteiger charge is 2.30. The minimum absolute atomic E-state index is 0.136. The standard InChI is InChI=1S/C16H21BrFN/c17-16-12(4-2-6-15(16)18)9-11-3-1-5-13(11)10-19-14-7-8-14/h2,4,6,11,13-14,19H,1,3,5,7-10H2. The van der Waals surface area contributed by atoms with E-state index in [0.717, 1.165) is 30.5 Å². The Balaban J connectivity index is 1.62. The number of halogens is 2. The molecule has 2 atom stereocenters. The van der Waals surface area contributed by atoms with Crippen LogP contribution in [0.3, 0.4) is 0 Å². The van der Waals surface area contributed by atoms with Crippen LogP contribution in [0, 0.1) is 17.7 Å². The maximum absolute atomic E-state index is 13.6. The van der Waals surface area contributed by atoms with Crippen LogP contribution < -0.4 is 5.32 Å². The van der Waals surface area contributed by atoms with Crippen molar-refractivity contribution in [2.24, 2.45) is 11.8 Å². The van der Waals surface area contributed by atoms with Crippen molar-refractivity contribution in [3.8, 4) is 0 Å². The van der Waals surface area contributed by atoms with E-state index in [1.165, 1.54) is 38.2 Å². The maximum Gasteiger partial charge on any atom is 0.137 e. The van der Waals surface area contributed by atoms with Crippen molar-refractivity contribution in [1.29, 1.82) is 0 Å². The van der Waals surface area contributed by atoms with Crippen LogP contribution in [-0.4, -0.2) is 12.6 Å². The number of nitrogens with one attached hydrogen (secondary N) is 1. The van der Waals surface area contributed by atoms with Gasteiger partial charge in [-0.05, 0) is 78.0 Å². The molecule has 0 saturated heterocycles. The summed E-state index contributed by atoms with van der Waals surface area (Å²) in [5, 5.41) is 3.65. The molecule has 3 rings (SSSR count). The van der Waals surface area contributed by atoms with E-state index in [2.05, 4.69) is 27.3 Å². The molecule has 19 heavy (non-hydrogen) atoms. The van der Waals surface area contributed by atoms with Gasteiger partial charge in [-0.1, -0.05) is 18.6 Å². The SMILES string of the molecule is Fc1cccc(CC2CCCC2CNC2CC2)c1Br. The molecule has 1 aromatic rings. The molecule has 0 spiro atoms. The van der Waals surface area contributed by atoms with Crippen LogP contribution in [0.4, 0.5) is 4.39 Å². The van der Waals surface area contributed by atoms with Crippen molar-refractivity contribution >= 4 is 15.9 Å². The highest BCUT2D eigenvalue weighted by molar-refractivity contribution is 9.10. The molecule has 0 aromatic heterocycles. The lowest BCUT2D eigenvalue weighted by Gasteiger charge is -2.21. The van der Waals surface area contributed by atoms with Crippen molar-refractivity contribution in [2.45, 2.75) is 44.6 Å². The Morgan fingerprint density at radius 1 is 1.16 bits per heavy atom. The van der Waals surface area contributed by atoms with E-state index in [4.69, 9.17) is 0 Å². The molecule has 1 aromatic carbocycles. The zero-order valence-electron chi connectivity index (χ0n) is 11.2. The molecule has 0 aliphatic heterocycles. The first-order valence-corrected chi connectivity index (χ1v) is 8.19. The highest BCUT2D eigenvalue weighted by Crippen LogP contribution is 2.36. The van der Waals surface area contributed by atoms with Gasteiger partial charge in [-0.2, -0.15) is 0 Å². The van der Waals surface area contributed by atoms with E-state index < -0.39 is 0 Å². The third-order valence-electron chi connectivity index (χ3n) is 4.58. The molecule has 2 aliphatic rings. The number of hydrogen-bond acceptors (Lipinski definition) is 1. The summed E-state index contributed by atoms with van der Waals surface area (Å²) in [6, 6.07) is 6.19. The predicted molar refractivity (Wildman–Crippen MR) is 79.7 cm³/mol. The fourth-order valence-corrected chi connectivity index (χ4v) is 3.67. The third-order valence-corrected chi connectivity index (χ3v) is 5.46. The first-order chi connectivity index (χ1) is 9.24. The lowest BCUT2D eigenvalue weighted by atomic mass is 9.89. The smallest absolute Gasteiger partial charge is 0.137 e. The minimum Gasteiger partial charge on any atom is -0.314 e. The first-order valence-electron chi connectivity index (χ1n) is 7.40. The highest BCUT2D eigenvalue weighted by atomic mass is 79.9. The van der Waals surface area contributed by atoms with Crippen molar-refractivity contribution in [1.82, 2.24) is 5.32 Å². The van der Waals surface area contributed by atoms with Crippen LogP contribution in [-0.2, 0) is 6.42 Å². The fourth-order valence-electron chi connectivity index (χ4n) is 3.25. The average Bonchev–Trinajstić information content (AvgIpc) is 3.13. The second-order valence-electron chi connectivity index (χ2n) is 6.05. The summed E-state index contributed by atoms with van der Waals surface area (Å²) >= 11 is 3.39. The lowest BCUT2D eigenvalue weighted by Crippen LogP contribution is -2.27. The van der Waals surface area contributed by atoms with Crippen LogP contribution in [0.25, 0.3) is 0 Å². The normalized spacial score (nSPS) is 26.8. The second kappa shape index (κ2) is 5.92. The zero-order chi connectivity index (χ0) is 13.2. The van der Waals surface area contributed by atoms with E-state index in [9.17, 15) is 4.39 Å². The minimum atomic E-state index is -0.136. The average molecular weight is 326 g/mol. The van der Waals surface area contributed by atoms with Crippen LogP contribution in [0.1, 0.15) is 37.7 Å². The van der Waals surface area contributed by atoms with E-state index in [1.54, 1.807) is 0 Å². The molecule has 0 amide bonds. The van der Waals surface area contributed by atoms with Gasteiger partial charge in [0.1, 0.15) is 5.82 Å². The number of hydrogen-bond donors (Lipinski definition) is 1. The van der Waals surface area contributed by atoms with Gasteiger partial charge in [0, 0.05) is 6.04 Å². The fraction of sp³-hybridized carbons (Fsp3) is 0.625. The summed E-state index contributed by atoms with van der Waals surface area (Å²) < 4.78 is 14.2. The predicted octanol–water partition coefficient (Wildman–Crippen LogP) is 4.30. The molecular formula is C16H21BrFN. The van der Waals surface area contributed by atoms with Gasteiger partial charge in [0.2, 0.25) is 0 Å². The Bertz CT molecular complexity index is 444. The molecule has 1 nitrogen and oxygen atoms in total. The summed E-state index contributed by atoms with van der Waals surface area (Å²) in [4.78, 5) is 0. The zero-order valence-corrected chi connectivity index (χ0v) is 12.8. The quantitative estimate of drug-likeness (QED) is 0.851. The Morgan fingerprint density at radius 3 is 2.74 bits per heavy atom. The van der Waals surface area contributed by atoms with E-state index in [1.807, 2.05) is 6.07 Å². The maximum atomic E-state index is 13.6. The van der Waals surface area contributed by atoms with Crippen LogP contribution >= 0.6 is 15.9 Å². The Hall–Kier alpha value is -0.410. The van der Waals surface area contributed by atoms with Crippen molar-refractivity contribution < 1.29 is 4.39 Å². The van der Waals surface area contributed by atoms with Gasteiger partial charge in [0.15, 0.2) is 0 Å². The molecule has 104 valence electrons. The molecule has 2 fully saturated rings. The third kappa shape index (κ3) is 3.38. The topological polar surface area (TPSA) is 12.0 Å². The van der Waals surface area contributed by atoms with E-state index >= 15 is 0 Å². The van der Waals surface area contributed by atoms with E-state index in [-0.39, 0.29) is 5.82 Å². The number of benzene rings is 1. The van der Waals surface area contributed by atoms with Crippen LogP contribution in [0.5, 0.6) is 0 Å². The largest absolute Gasteiger partial charge is 0.314 e. The Morgan fingerprint density at radius 2 is 1.95 bits per heavy atom. The second-order valence-corrected chi connectivity index (χ2v) is 6.84. The summed E-state index contributed by atoms with van der Waals surface area (Å²) in [5.74, 6) is 1.35. The summed E-state index contributed by atoms with van der Waals surface area (Å²) in [7, 11) is 0. The molecule has 0 heterocycles. The molecular weight excluding hydrogens is 305 g/mol. The van der Waals surface area contributed by atoms with Gasteiger partial charge in [-0.15, -0.1) is 0 Å². The molecule has 0 radical (unpaired) electrons.